The van der Waals surface area contributed by atoms with Crippen LogP contribution in [0.2, 0.25) is 0 Å². The third-order valence-corrected chi connectivity index (χ3v) is 2.67. The third-order valence-electron chi connectivity index (χ3n) is 2.67. The lowest BCUT2D eigenvalue weighted by molar-refractivity contribution is -0.123. The molecule has 0 bridgehead atoms. The summed E-state index contributed by atoms with van der Waals surface area (Å²) >= 11 is 0. The number of amides is 2. The lowest BCUT2D eigenvalue weighted by atomic mass is 10.0. The number of ether oxygens (including phenoxy) is 1. The predicted molar refractivity (Wildman–Crippen MR) is 81.9 cm³/mol. The Morgan fingerprint density at radius 1 is 1.19 bits per heavy atom. The molecule has 0 spiro atoms. The summed E-state index contributed by atoms with van der Waals surface area (Å²) in [7, 11) is 0. The van der Waals surface area contributed by atoms with Gasteiger partial charge in [0.05, 0.1) is 19.1 Å². The van der Waals surface area contributed by atoms with Gasteiger partial charge in [-0.25, -0.2) is 4.79 Å². The normalized spacial score (nSPS) is 12.4. The minimum atomic E-state index is -0.519. The average Bonchev–Trinajstić information content (AvgIpc) is 2.37. The summed E-state index contributed by atoms with van der Waals surface area (Å²) in [6.07, 6.45) is -0.352. The van der Waals surface area contributed by atoms with Crippen LogP contribution in [0.15, 0.2) is 30.3 Å². The summed E-state index contributed by atoms with van der Waals surface area (Å²) < 4.78 is 4.89. The van der Waals surface area contributed by atoms with Gasteiger partial charge in [-0.2, -0.15) is 0 Å². The van der Waals surface area contributed by atoms with E-state index in [1.165, 1.54) is 0 Å². The molecule has 0 aliphatic rings. The van der Waals surface area contributed by atoms with Gasteiger partial charge >= 0.3 is 6.09 Å². The van der Waals surface area contributed by atoms with Crippen LogP contribution in [-0.4, -0.2) is 24.1 Å². The zero-order valence-corrected chi connectivity index (χ0v) is 13.1. The average molecular weight is 292 g/mol. The Labute approximate surface area is 126 Å². The first-order valence-electron chi connectivity index (χ1n) is 7.11. The monoisotopic (exact) mass is 292 g/mol. The van der Waals surface area contributed by atoms with Crippen molar-refractivity contribution in [2.24, 2.45) is 0 Å². The van der Waals surface area contributed by atoms with E-state index in [4.69, 9.17) is 4.74 Å². The van der Waals surface area contributed by atoms with E-state index < -0.39 is 12.1 Å². The van der Waals surface area contributed by atoms with Crippen LogP contribution in [0.4, 0.5) is 4.79 Å². The van der Waals surface area contributed by atoms with Crippen molar-refractivity contribution in [1.82, 2.24) is 10.6 Å². The molecule has 0 aromatic heterocycles. The van der Waals surface area contributed by atoms with Gasteiger partial charge in [0.2, 0.25) is 5.91 Å². The van der Waals surface area contributed by atoms with Gasteiger partial charge in [0.1, 0.15) is 0 Å². The van der Waals surface area contributed by atoms with Crippen LogP contribution in [0.5, 0.6) is 0 Å². The zero-order valence-electron chi connectivity index (χ0n) is 13.1. The fraction of sp³-hybridized carbons (Fsp3) is 0.500. The van der Waals surface area contributed by atoms with Crippen LogP contribution >= 0.6 is 0 Å². The Morgan fingerprint density at radius 2 is 1.81 bits per heavy atom. The maximum Gasteiger partial charge on any atom is 0.407 e. The number of benzene rings is 1. The highest BCUT2D eigenvalue weighted by atomic mass is 16.5. The molecule has 2 N–H and O–H groups in total. The number of carbonyl (C=O) groups is 2. The molecule has 1 aromatic carbocycles. The minimum absolute atomic E-state index is 0.117. The Hall–Kier alpha value is -2.04. The van der Waals surface area contributed by atoms with Crippen LogP contribution in [0.25, 0.3) is 0 Å². The lowest BCUT2D eigenvalue weighted by Gasteiger charge is -2.23. The van der Waals surface area contributed by atoms with Gasteiger partial charge in [0.15, 0.2) is 0 Å². The minimum Gasteiger partial charge on any atom is -0.450 e. The molecular weight excluding hydrogens is 268 g/mol. The van der Waals surface area contributed by atoms with Crippen molar-refractivity contribution in [2.75, 3.05) is 6.61 Å². The van der Waals surface area contributed by atoms with Crippen molar-refractivity contribution in [3.05, 3.63) is 35.9 Å². The second-order valence-corrected chi connectivity index (χ2v) is 5.83. The van der Waals surface area contributed by atoms with Crippen LogP contribution < -0.4 is 10.6 Å². The molecule has 1 aromatic rings. The van der Waals surface area contributed by atoms with Gasteiger partial charge in [-0.15, -0.1) is 0 Å². The number of hydrogen-bond acceptors (Lipinski definition) is 3. The van der Waals surface area contributed by atoms with Crippen molar-refractivity contribution in [1.29, 1.82) is 0 Å². The highest BCUT2D eigenvalue weighted by Crippen LogP contribution is 2.17. The van der Waals surface area contributed by atoms with Gasteiger partial charge < -0.3 is 15.4 Å². The van der Waals surface area contributed by atoms with Crippen molar-refractivity contribution in [2.45, 2.75) is 45.7 Å². The highest BCUT2D eigenvalue weighted by molar-refractivity contribution is 5.78. The molecule has 5 heteroatoms. The molecule has 1 rings (SSSR count). The second-order valence-electron chi connectivity index (χ2n) is 5.83. The van der Waals surface area contributed by atoms with Gasteiger partial charge in [0.25, 0.3) is 0 Å². The molecule has 1 unspecified atom stereocenters. The van der Waals surface area contributed by atoms with E-state index in [0.717, 1.165) is 5.56 Å². The van der Waals surface area contributed by atoms with Gasteiger partial charge in [-0.05, 0) is 33.3 Å². The van der Waals surface area contributed by atoms with E-state index in [-0.39, 0.29) is 17.9 Å². The summed E-state index contributed by atoms with van der Waals surface area (Å²) in [6.45, 7) is 7.79. The molecule has 0 aliphatic carbocycles. The summed E-state index contributed by atoms with van der Waals surface area (Å²) in [5, 5.41) is 5.62. The van der Waals surface area contributed by atoms with E-state index in [1.807, 2.05) is 51.1 Å². The van der Waals surface area contributed by atoms with Crippen molar-refractivity contribution >= 4 is 12.0 Å². The number of carbonyl (C=O) groups excluding carboxylic acids is 2. The molecule has 0 saturated carbocycles. The molecule has 0 aliphatic heterocycles. The van der Waals surface area contributed by atoms with E-state index in [9.17, 15) is 9.59 Å². The Morgan fingerprint density at radius 3 is 2.33 bits per heavy atom. The molecule has 2 amide bonds. The molecule has 5 nitrogen and oxygen atoms in total. The summed E-state index contributed by atoms with van der Waals surface area (Å²) in [4.78, 5) is 23.7. The quantitative estimate of drug-likeness (QED) is 0.877. The largest absolute Gasteiger partial charge is 0.450 e. The van der Waals surface area contributed by atoms with E-state index >= 15 is 0 Å². The molecular formula is C16H24N2O3. The maximum absolute atomic E-state index is 12.1. The SMILES string of the molecule is CCOC(=O)NC(CC(=O)NC(C)(C)C)c1ccccc1. The molecule has 0 heterocycles. The van der Waals surface area contributed by atoms with Gasteiger partial charge in [-0.1, -0.05) is 30.3 Å². The topological polar surface area (TPSA) is 67.4 Å². The van der Waals surface area contributed by atoms with Crippen LogP contribution in [-0.2, 0) is 9.53 Å². The lowest BCUT2D eigenvalue weighted by Crippen LogP contribution is -2.42. The number of nitrogens with one attached hydrogen (secondary N) is 2. The molecule has 1 atom stereocenters. The first-order chi connectivity index (χ1) is 9.81. The van der Waals surface area contributed by atoms with E-state index in [2.05, 4.69) is 10.6 Å². The standard InChI is InChI=1S/C16H24N2O3/c1-5-21-15(20)17-13(12-9-7-6-8-10-12)11-14(19)18-16(2,3)4/h6-10,13H,5,11H2,1-4H3,(H,17,20)(H,18,19). The van der Waals surface area contributed by atoms with Crippen molar-refractivity contribution < 1.29 is 14.3 Å². The summed E-state index contributed by atoms with van der Waals surface area (Å²) in [5.41, 5.74) is 0.567. The third kappa shape index (κ3) is 6.79. The van der Waals surface area contributed by atoms with Gasteiger partial charge in [0, 0.05) is 5.54 Å². The van der Waals surface area contributed by atoms with E-state index in [1.54, 1.807) is 6.92 Å². The van der Waals surface area contributed by atoms with Crippen molar-refractivity contribution in [3.8, 4) is 0 Å². The smallest absolute Gasteiger partial charge is 0.407 e. The number of rotatable bonds is 5. The Bertz CT molecular complexity index is 466. The molecule has 0 fully saturated rings. The zero-order chi connectivity index (χ0) is 15.9. The van der Waals surface area contributed by atoms with E-state index in [0.29, 0.717) is 6.61 Å². The Balaban J connectivity index is 2.78. The number of hydrogen-bond donors (Lipinski definition) is 2. The number of alkyl carbamates (subject to hydrolysis) is 1. The fourth-order valence-electron chi connectivity index (χ4n) is 1.91. The predicted octanol–water partition coefficient (Wildman–Crippen LogP) is 2.78. The van der Waals surface area contributed by atoms with Crippen LogP contribution in [0, 0.1) is 0 Å². The van der Waals surface area contributed by atoms with Gasteiger partial charge in [-0.3, -0.25) is 4.79 Å². The fourth-order valence-corrected chi connectivity index (χ4v) is 1.91. The highest BCUT2D eigenvalue weighted by Gasteiger charge is 2.21. The molecule has 0 saturated heterocycles. The molecule has 21 heavy (non-hydrogen) atoms. The molecule has 116 valence electrons. The Kier molecular flexibility index (Phi) is 6.21. The summed E-state index contributed by atoms with van der Waals surface area (Å²) in [5.74, 6) is -0.117. The van der Waals surface area contributed by atoms with Crippen LogP contribution in [0.1, 0.15) is 45.7 Å². The second kappa shape index (κ2) is 7.67. The van der Waals surface area contributed by atoms with Crippen molar-refractivity contribution in [3.63, 3.8) is 0 Å². The first-order valence-corrected chi connectivity index (χ1v) is 7.11. The summed E-state index contributed by atoms with van der Waals surface area (Å²) in [6, 6.07) is 8.98. The first kappa shape index (κ1) is 17.0. The van der Waals surface area contributed by atoms with Crippen LogP contribution in [0.3, 0.4) is 0 Å². The molecule has 0 radical (unpaired) electrons. The maximum atomic E-state index is 12.1.